The summed E-state index contributed by atoms with van der Waals surface area (Å²) in [5, 5.41) is 1.11. The van der Waals surface area contributed by atoms with Crippen LogP contribution in [0.5, 0.6) is 0 Å². The molecular weight excluding hydrogens is 246 g/mol. The van der Waals surface area contributed by atoms with E-state index >= 15 is 0 Å². The Labute approximate surface area is 108 Å². The molecule has 0 spiro atoms. The van der Waals surface area contributed by atoms with Gasteiger partial charge in [-0.2, -0.15) is 0 Å². The van der Waals surface area contributed by atoms with Crippen LogP contribution in [0.25, 0.3) is 6.08 Å². The third-order valence-corrected chi connectivity index (χ3v) is 4.81. The molecule has 2 heteroatoms. The first kappa shape index (κ1) is 10.8. The second-order valence-corrected chi connectivity index (χ2v) is 5.81. The summed E-state index contributed by atoms with van der Waals surface area (Å²) in [6.07, 6.45) is 6.47. The summed E-state index contributed by atoms with van der Waals surface area (Å²) in [5.41, 5.74) is 4.09. The van der Waals surface area contributed by atoms with Crippen molar-refractivity contribution in [3.8, 4) is 0 Å². The van der Waals surface area contributed by atoms with Crippen LogP contribution >= 0.6 is 0 Å². The summed E-state index contributed by atoms with van der Waals surface area (Å²) in [6, 6.07) is 14.8. The van der Waals surface area contributed by atoms with Crippen molar-refractivity contribution >= 4 is 6.08 Å². The molecule has 0 saturated heterocycles. The van der Waals surface area contributed by atoms with Gasteiger partial charge in [0.25, 0.3) is 0 Å². The van der Waals surface area contributed by atoms with Gasteiger partial charge in [0.2, 0.25) is 0 Å². The monoisotopic (exact) mass is 259 g/mol. The van der Waals surface area contributed by atoms with Crippen LogP contribution in [0.4, 0.5) is 0 Å². The molecule has 1 atom stereocenters. The molecule has 0 N–H and O–H groups in total. The van der Waals surface area contributed by atoms with Gasteiger partial charge >= 0.3 is 108 Å². The van der Waals surface area contributed by atoms with Crippen LogP contribution < -0.4 is 0 Å². The fourth-order valence-corrected chi connectivity index (χ4v) is 3.75. The summed E-state index contributed by atoms with van der Waals surface area (Å²) in [6.45, 7) is 0. The summed E-state index contributed by atoms with van der Waals surface area (Å²) in [7, 11) is 0. The van der Waals surface area contributed by atoms with Gasteiger partial charge in [0.05, 0.1) is 0 Å². The van der Waals surface area contributed by atoms with Crippen molar-refractivity contribution < 1.29 is 15.2 Å². The maximum atomic E-state index is 4.39. The number of aromatic nitrogens is 1. The molecule has 1 aromatic heterocycles. The Morgan fingerprint density at radius 3 is 2.82 bits per heavy atom. The Kier molecular flexibility index (Phi) is 3.09. The predicted octanol–water partition coefficient (Wildman–Crippen LogP) is 3.43. The van der Waals surface area contributed by atoms with Crippen LogP contribution in [0.2, 0.25) is 0 Å². The van der Waals surface area contributed by atoms with Crippen LogP contribution in [0.15, 0.2) is 54.7 Å². The molecule has 1 aromatic carbocycles. The molecule has 3 rings (SSSR count). The van der Waals surface area contributed by atoms with E-state index in [0.717, 1.165) is 5.28 Å². The van der Waals surface area contributed by atoms with E-state index in [1.807, 2.05) is 12.3 Å². The zero-order chi connectivity index (χ0) is 11.5. The van der Waals surface area contributed by atoms with Crippen LogP contribution in [-0.4, -0.2) is 4.98 Å². The number of hydrogen-bond acceptors (Lipinski definition) is 1. The Morgan fingerprint density at radius 2 is 1.94 bits per heavy atom. The number of fused-ring (bicyclic) bond motifs is 1. The van der Waals surface area contributed by atoms with Crippen molar-refractivity contribution in [2.45, 2.75) is 10.1 Å². The summed E-state index contributed by atoms with van der Waals surface area (Å²) < 4.78 is 0.626. The third kappa shape index (κ3) is 2.34. The van der Waals surface area contributed by atoms with E-state index in [9.17, 15) is 0 Å². The number of nitrogens with zero attached hydrogens (tertiary/aromatic N) is 1. The second kappa shape index (κ2) is 4.88. The number of pyridine rings is 1. The SMILES string of the molecule is C1=C[CH]([Cr][CH2]c2ccccn2)c2ccccc21. The molecule has 1 nitrogen and oxygen atoms in total. The Bertz CT molecular complexity index is 534. The molecule has 0 radical (unpaired) electrons. The number of benzene rings is 1. The quantitative estimate of drug-likeness (QED) is 0.823. The normalized spacial score (nSPS) is 17.1. The van der Waals surface area contributed by atoms with Crippen molar-refractivity contribution in [3.63, 3.8) is 0 Å². The van der Waals surface area contributed by atoms with Crippen molar-refractivity contribution in [2.75, 3.05) is 0 Å². The van der Waals surface area contributed by atoms with Gasteiger partial charge < -0.3 is 0 Å². The van der Waals surface area contributed by atoms with E-state index in [0.29, 0.717) is 20.0 Å². The van der Waals surface area contributed by atoms with Gasteiger partial charge in [0.1, 0.15) is 0 Å². The van der Waals surface area contributed by atoms with Gasteiger partial charge in [-0.05, 0) is 0 Å². The first-order valence-electron chi connectivity index (χ1n) is 5.72. The molecule has 1 aliphatic carbocycles. The molecule has 0 fully saturated rings. The average Bonchev–Trinajstić information content (AvgIpc) is 2.81. The van der Waals surface area contributed by atoms with Gasteiger partial charge in [-0.15, -0.1) is 0 Å². The van der Waals surface area contributed by atoms with Crippen LogP contribution in [0.3, 0.4) is 0 Å². The van der Waals surface area contributed by atoms with Crippen molar-refractivity contribution in [3.05, 3.63) is 71.6 Å². The Hall–Kier alpha value is -1.36. The van der Waals surface area contributed by atoms with Gasteiger partial charge in [-0.1, -0.05) is 0 Å². The molecule has 0 aliphatic heterocycles. The van der Waals surface area contributed by atoms with E-state index in [1.165, 1.54) is 16.8 Å². The first-order chi connectivity index (χ1) is 8.43. The van der Waals surface area contributed by atoms with Crippen LogP contribution in [0.1, 0.15) is 21.6 Å². The molecule has 1 unspecified atom stereocenters. The summed E-state index contributed by atoms with van der Waals surface area (Å²) >= 11 is 0.553. The minimum absolute atomic E-state index is 0.553. The fraction of sp³-hybridized carbons (Fsp3) is 0.133. The minimum atomic E-state index is 0.553. The standard InChI is InChI=1S/C9H7.C6H6N.Cr/c1-2-5-9-7-3-6-8(9)4-1;1-6-4-2-3-5-7-6;/h1-7H;2-5H,1H2;. The Balaban J connectivity index is 1.70. The van der Waals surface area contributed by atoms with Crippen LogP contribution in [0, 0.1) is 0 Å². The van der Waals surface area contributed by atoms with E-state index in [-0.39, 0.29) is 0 Å². The first-order valence-corrected chi connectivity index (χ1v) is 7.36. The zero-order valence-electron chi connectivity index (χ0n) is 9.41. The van der Waals surface area contributed by atoms with Gasteiger partial charge in [0, 0.05) is 0 Å². The maximum absolute atomic E-state index is 4.39. The van der Waals surface area contributed by atoms with E-state index < -0.39 is 0 Å². The van der Waals surface area contributed by atoms with E-state index in [1.54, 1.807) is 0 Å². The van der Waals surface area contributed by atoms with Crippen molar-refractivity contribution in [1.82, 2.24) is 4.98 Å². The fourth-order valence-electron chi connectivity index (χ4n) is 2.02. The second-order valence-electron chi connectivity index (χ2n) is 4.04. The average molecular weight is 259 g/mol. The van der Waals surface area contributed by atoms with Crippen LogP contribution in [-0.2, 0) is 20.5 Å². The molecular formula is C15H13CrN. The molecule has 0 saturated carbocycles. The number of allylic oxidation sites excluding steroid dienone is 1. The molecule has 0 bridgehead atoms. The third-order valence-electron chi connectivity index (χ3n) is 2.89. The molecule has 1 heterocycles. The number of rotatable bonds is 3. The molecule has 1 aliphatic rings. The molecule has 2 aromatic rings. The van der Waals surface area contributed by atoms with Gasteiger partial charge in [-0.25, -0.2) is 0 Å². The van der Waals surface area contributed by atoms with Crippen molar-refractivity contribution in [1.29, 1.82) is 0 Å². The summed E-state index contributed by atoms with van der Waals surface area (Å²) in [4.78, 5) is 4.39. The molecule has 0 amide bonds. The van der Waals surface area contributed by atoms with E-state index in [2.05, 4.69) is 53.5 Å². The zero-order valence-corrected chi connectivity index (χ0v) is 10.7. The molecule has 84 valence electrons. The summed E-state index contributed by atoms with van der Waals surface area (Å²) in [5.74, 6) is 0. The van der Waals surface area contributed by atoms with E-state index in [4.69, 9.17) is 0 Å². The topological polar surface area (TPSA) is 12.9 Å². The number of hydrogen-bond donors (Lipinski definition) is 0. The predicted molar refractivity (Wildman–Crippen MR) is 66.2 cm³/mol. The van der Waals surface area contributed by atoms with Gasteiger partial charge in [-0.3, -0.25) is 0 Å². The van der Waals surface area contributed by atoms with Gasteiger partial charge in [0.15, 0.2) is 0 Å². The Morgan fingerprint density at radius 1 is 1.06 bits per heavy atom. The van der Waals surface area contributed by atoms with Crippen molar-refractivity contribution in [2.24, 2.45) is 0 Å². The molecule has 17 heavy (non-hydrogen) atoms.